The zero-order valence-electron chi connectivity index (χ0n) is 13.6. The van der Waals surface area contributed by atoms with Crippen molar-refractivity contribution in [3.8, 4) is 0 Å². The first-order valence-electron chi connectivity index (χ1n) is 7.74. The van der Waals surface area contributed by atoms with Gasteiger partial charge in [0, 0.05) is 24.5 Å². The van der Waals surface area contributed by atoms with Crippen LogP contribution in [0, 0.1) is 5.41 Å². The van der Waals surface area contributed by atoms with Gasteiger partial charge in [0.25, 0.3) is 0 Å². The molecule has 1 fully saturated rings. The number of amides is 1. The fraction of sp³-hybridized carbons (Fsp3) is 0.529. The summed E-state index contributed by atoms with van der Waals surface area (Å²) in [5.74, 6) is 0.223. The molecule has 3 rings (SSSR count). The highest BCUT2D eigenvalue weighted by Crippen LogP contribution is 2.27. The number of nitrogens with one attached hydrogen (secondary N) is 1. The largest absolute Gasteiger partial charge is 0.336 e. The van der Waals surface area contributed by atoms with E-state index < -0.39 is 0 Å². The number of aromatic nitrogens is 1. The molecule has 0 bridgehead atoms. The lowest BCUT2D eigenvalue weighted by Gasteiger charge is -2.41. The van der Waals surface area contributed by atoms with Gasteiger partial charge in [-0.3, -0.25) is 4.79 Å². The van der Waals surface area contributed by atoms with Crippen molar-refractivity contribution in [2.75, 3.05) is 13.1 Å². The second kappa shape index (κ2) is 5.63. The molecule has 0 radical (unpaired) electrons. The molecule has 0 unspecified atom stereocenters. The Bertz CT molecular complexity index is 689. The fourth-order valence-corrected chi connectivity index (χ4v) is 3.55. The van der Waals surface area contributed by atoms with Crippen molar-refractivity contribution in [2.45, 2.75) is 39.8 Å². The summed E-state index contributed by atoms with van der Waals surface area (Å²) >= 11 is 1.66. The molecule has 1 aromatic heterocycles. The first-order valence-corrected chi connectivity index (χ1v) is 8.62. The number of thiazole rings is 1. The van der Waals surface area contributed by atoms with Crippen LogP contribution in [-0.4, -0.2) is 34.9 Å². The number of carbonyl (C=O) groups excluding carboxylic acids is 1. The number of hydrogen-bond donors (Lipinski definition) is 1. The highest BCUT2D eigenvalue weighted by Gasteiger charge is 2.34. The van der Waals surface area contributed by atoms with E-state index in [1.54, 1.807) is 11.3 Å². The summed E-state index contributed by atoms with van der Waals surface area (Å²) < 4.78 is 1.20. The van der Waals surface area contributed by atoms with Crippen molar-refractivity contribution < 1.29 is 4.79 Å². The van der Waals surface area contributed by atoms with E-state index in [-0.39, 0.29) is 23.4 Å². The molecule has 0 aliphatic carbocycles. The molecule has 1 aliphatic heterocycles. The van der Waals surface area contributed by atoms with E-state index in [0.29, 0.717) is 6.54 Å². The number of carbonyl (C=O) groups is 1. The fourth-order valence-electron chi connectivity index (χ4n) is 2.89. The summed E-state index contributed by atoms with van der Waals surface area (Å²) in [5, 5.41) is 3.56. The van der Waals surface area contributed by atoms with Gasteiger partial charge in [0.15, 0.2) is 0 Å². The Morgan fingerprint density at radius 2 is 2.18 bits per heavy atom. The van der Waals surface area contributed by atoms with Crippen LogP contribution in [0.4, 0.5) is 0 Å². The molecule has 5 heteroatoms. The molecule has 2 atom stereocenters. The van der Waals surface area contributed by atoms with E-state index in [1.165, 1.54) is 10.3 Å². The number of hydrogen-bond acceptors (Lipinski definition) is 4. The highest BCUT2D eigenvalue weighted by molar-refractivity contribution is 7.16. The summed E-state index contributed by atoms with van der Waals surface area (Å²) in [6.07, 6.45) is 0. The van der Waals surface area contributed by atoms with Crippen LogP contribution in [0.2, 0.25) is 0 Å². The Hall–Kier alpha value is -1.46. The maximum Gasteiger partial charge on any atom is 0.228 e. The van der Waals surface area contributed by atoms with E-state index in [0.717, 1.165) is 12.1 Å². The first kappa shape index (κ1) is 15.4. The predicted molar refractivity (Wildman–Crippen MR) is 91.0 cm³/mol. The Kier molecular flexibility index (Phi) is 3.95. The molecule has 22 heavy (non-hydrogen) atoms. The Balaban J connectivity index is 1.84. The molecule has 4 nitrogen and oxygen atoms in total. The maximum atomic E-state index is 12.7. The third-order valence-electron chi connectivity index (χ3n) is 4.23. The van der Waals surface area contributed by atoms with Gasteiger partial charge in [-0.25, -0.2) is 4.98 Å². The molecule has 2 heterocycles. The number of nitrogens with zero attached hydrogens (tertiary/aromatic N) is 2. The number of fused-ring (bicyclic) bond motifs is 1. The van der Waals surface area contributed by atoms with Gasteiger partial charge < -0.3 is 10.2 Å². The third-order valence-corrected chi connectivity index (χ3v) is 5.04. The van der Waals surface area contributed by atoms with E-state index in [9.17, 15) is 4.79 Å². The van der Waals surface area contributed by atoms with Crippen molar-refractivity contribution in [3.63, 3.8) is 0 Å². The zero-order chi connectivity index (χ0) is 15.9. The number of piperazine rings is 1. The van der Waals surface area contributed by atoms with Crippen molar-refractivity contribution in [3.05, 3.63) is 29.3 Å². The van der Waals surface area contributed by atoms with Crippen LogP contribution in [0.5, 0.6) is 0 Å². The van der Waals surface area contributed by atoms with Gasteiger partial charge in [-0.1, -0.05) is 26.8 Å². The predicted octanol–water partition coefficient (Wildman–Crippen LogP) is 3.20. The van der Waals surface area contributed by atoms with Gasteiger partial charge >= 0.3 is 0 Å². The van der Waals surface area contributed by atoms with Crippen LogP contribution in [0.25, 0.3) is 10.2 Å². The van der Waals surface area contributed by atoms with Crippen LogP contribution in [0.15, 0.2) is 23.7 Å². The van der Waals surface area contributed by atoms with Gasteiger partial charge in [0.05, 0.1) is 21.8 Å². The minimum Gasteiger partial charge on any atom is -0.336 e. The van der Waals surface area contributed by atoms with Crippen molar-refractivity contribution in [2.24, 2.45) is 5.41 Å². The molecule has 1 N–H and O–H groups in total. The van der Waals surface area contributed by atoms with Gasteiger partial charge in [-0.05, 0) is 24.6 Å². The molecule has 1 aromatic carbocycles. The molecule has 2 aromatic rings. The summed E-state index contributed by atoms with van der Waals surface area (Å²) in [6, 6.07) is 6.81. The molecule has 118 valence electrons. The van der Waals surface area contributed by atoms with Crippen LogP contribution >= 0.6 is 11.3 Å². The average molecular weight is 317 g/mol. The van der Waals surface area contributed by atoms with Gasteiger partial charge in [0.1, 0.15) is 0 Å². The smallest absolute Gasteiger partial charge is 0.228 e. The lowest BCUT2D eigenvalue weighted by molar-refractivity contribution is -0.143. The molecule has 0 spiro atoms. The Morgan fingerprint density at radius 3 is 2.91 bits per heavy atom. The average Bonchev–Trinajstić information content (AvgIpc) is 2.93. The zero-order valence-corrected chi connectivity index (χ0v) is 14.4. The third kappa shape index (κ3) is 2.88. The first-order chi connectivity index (χ1) is 10.4. The van der Waals surface area contributed by atoms with E-state index in [2.05, 4.69) is 35.4 Å². The van der Waals surface area contributed by atoms with Crippen molar-refractivity contribution >= 4 is 27.5 Å². The van der Waals surface area contributed by atoms with Crippen molar-refractivity contribution in [1.82, 2.24) is 15.2 Å². The lowest BCUT2D eigenvalue weighted by Crippen LogP contribution is -2.56. The number of rotatable bonds is 1. The van der Waals surface area contributed by atoms with Crippen LogP contribution in [0.3, 0.4) is 0 Å². The Morgan fingerprint density at radius 1 is 1.41 bits per heavy atom. The monoisotopic (exact) mass is 317 g/mol. The van der Waals surface area contributed by atoms with Crippen LogP contribution < -0.4 is 5.32 Å². The second-order valence-electron chi connectivity index (χ2n) is 7.10. The van der Waals surface area contributed by atoms with E-state index in [1.807, 2.05) is 31.2 Å². The minimum absolute atomic E-state index is 0.175. The number of benzene rings is 1. The van der Waals surface area contributed by atoms with Crippen LogP contribution in [0.1, 0.15) is 39.3 Å². The molecular formula is C17H23N3OS. The normalized spacial score (nSPS) is 23.0. The van der Waals surface area contributed by atoms with E-state index >= 15 is 0 Å². The summed E-state index contributed by atoms with van der Waals surface area (Å²) in [6.45, 7) is 9.60. The summed E-state index contributed by atoms with van der Waals surface area (Å²) in [7, 11) is 0. The minimum atomic E-state index is -0.338. The van der Waals surface area contributed by atoms with Gasteiger partial charge in [0.2, 0.25) is 5.91 Å². The lowest BCUT2D eigenvalue weighted by atomic mass is 9.92. The summed E-state index contributed by atoms with van der Waals surface area (Å²) in [4.78, 5) is 19.1. The standard InChI is InChI=1S/C17H23N3OS/c1-11-8-18-14(9-20(11)16(21)17(2,3)4)12-5-6-15-13(7-12)19-10-22-15/h5-7,10-11,14,18H,8-9H2,1-4H3/t11-,14-/m1/s1. The van der Waals surface area contributed by atoms with Gasteiger partial charge in [-0.15, -0.1) is 11.3 Å². The Labute approximate surface area is 135 Å². The molecule has 1 saturated heterocycles. The maximum absolute atomic E-state index is 12.7. The highest BCUT2D eigenvalue weighted by atomic mass is 32.1. The topological polar surface area (TPSA) is 45.2 Å². The molecular weight excluding hydrogens is 294 g/mol. The van der Waals surface area contributed by atoms with Crippen LogP contribution in [-0.2, 0) is 4.79 Å². The summed E-state index contributed by atoms with van der Waals surface area (Å²) in [5.41, 5.74) is 3.78. The quantitative estimate of drug-likeness (QED) is 0.878. The molecule has 1 amide bonds. The van der Waals surface area contributed by atoms with Gasteiger partial charge in [-0.2, -0.15) is 0 Å². The van der Waals surface area contributed by atoms with E-state index in [4.69, 9.17) is 0 Å². The molecule has 1 aliphatic rings. The second-order valence-corrected chi connectivity index (χ2v) is 7.98. The van der Waals surface area contributed by atoms with Crippen molar-refractivity contribution in [1.29, 1.82) is 0 Å². The molecule has 0 saturated carbocycles. The SMILES string of the molecule is C[C@@H]1CN[C@@H](c2ccc3scnc3c2)CN1C(=O)C(C)(C)C.